The van der Waals surface area contributed by atoms with Crippen LogP contribution in [0.3, 0.4) is 0 Å². The Morgan fingerprint density at radius 2 is 1.94 bits per heavy atom. The topological polar surface area (TPSA) is 12.0 Å². The lowest BCUT2D eigenvalue weighted by atomic mass is 9.65. The normalized spacial score (nSPS) is 29.9. The first-order chi connectivity index (χ1) is 7.99. The molecule has 1 heteroatoms. The molecule has 0 amide bonds. The maximum absolute atomic E-state index is 5.53. The Hall–Kier alpha value is -0.480. The summed E-state index contributed by atoms with van der Waals surface area (Å²) in [4.78, 5) is 0. The molecule has 1 saturated carbocycles. The Morgan fingerprint density at radius 3 is 2.47 bits per heavy atom. The molecule has 0 spiro atoms. The van der Waals surface area contributed by atoms with Gasteiger partial charge in [-0.15, -0.1) is 12.3 Å². The van der Waals surface area contributed by atoms with E-state index >= 15 is 0 Å². The van der Waals surface area contributed by atoms with Crippen molar-refractivity contribution < 1.29 is 0 Å². The van der Waals surface area contributed by atoms with Crippen molar-refractivity contribution in [3.63, 3.8) is 0 Å². The van der Waals surface area contributed by atoms with E-state index in [1.54, 1.807) is 0 Å². The van der Waals surface area contributed by atoms with E-state index in [1.165, 1.54) is 19.3 Å². The molecular formula is C16H29N. The molecule has 1 N–H and O–H groups in total. The lowest BCUT2D eigenvalue weighted by Crippen LogP contribution is -2.36. The van der Waals surface area contributed by atoms with Gasteiger partial charge in [0, 0.05) is 6.42 Å². The van der Waals surface area contributed by atoms with Gasteiger partial charge in [0.05, 0.1) is 0 Å². The first kappa shape index (κ1) is 14.6. The van der Waals surface area contributed by atoms with Crippen LogP contribution >= 0.6 is 0 Å². The van der Waals surface area contributed by atoms with Gasteiger partial charge in [-0.1, -0.05) is 27.7 Å². The van der Waals surface area contributed by atoms with Crippen LogP contribution in [0.4, 0.5) is 0 Å². The predicted octanol–water partition coefficient (Wildman–Crippen LogP) is 3.70. The lowest BCUT2D eigenvalue weighted by Gasteiger charge is -2.41. The summed E-state index contributed by atoms with van der Waals surface area (Å²) in [7, 11) is 0. The maximum atomic E-state index is 5.53. The quantitative estimate of drug-likeness (QED) is 0.733. The number of hydrogen-bond acceptors (Lipinski definition) is 1. The molecule has 3 unspecified atom stereocenters. The smallest absolute Gasteiger partial charge is 0.0118 e. The fourth-order valence-electron chi connectivity index (χ4n) is 3.11. The molecule has 0 aromatic heterocycles. The third kappa shape index (κ3) is 4.36. The van der Waals surface area contributed by atoms with E-state index < -0.39 is 0 Å². The zero-order chi connectivity index (χ0) is 12.9. The van der Waals surface area contributed by atoms with Gasteiger partial charge in [0.25, 0.3) is 0 Å². The maximum Gasteiger partial charge on any atom is 0.0118 e. The zero-order valence-electron chi connectivity index (χ0n) is 12.1. The number of terminal acetylenes is 1. The summed E-state index contributed by atoms with van der Waals surface area (Å²) >= 11 is 0. The highest BCUT2D eigenvalue weighted by molar-refractivity contribution is 4.94. The van der Waals surface area contributed by atoms with E-state index in [2.05, 4.69) is 38.9 Å². The Labute approximate surface area is 108 Å². The molecule has 0 heterocycles. The van der Waals surface area contributed by atoms with Crippen LogP contribution in [-0.2, 0) is 0 Å². The molecular weight excluding hydrogens is 206 g/mol. The first-order valence-electron chi connectivity index (χ1n) is 7.13. The molecule has 0 bridgehead atoms. The number of rotatable bonds is 4. The largest absolute Gasteiger partial charge is 0.317 e. The van der Waals surface area contributed by atoms with E-state index in [4.69, 9.17) is 6.42 Å². The monoisotopic (exact) mass is 235 g/mol. The average Bonchev–Trinajstić information content (AvgIpc) is 2.26. The minimum absolute atomic E-state index is 0.440. The van der Waals surface area contributed by atoms with Crippen LogP contribution in [0.2, 0.25) is 0 Å². The number of hydrogen-bond donors (Lipinski definition) is 1. The van der Waals surface area contributed by atoms with E-state index in [0.29, 0.717) is 5.41 Å². The standard InChI is InChI=1S/C16H29N/c1-6-8-13-11-15(16(3,4)5)10-9-14(13)12-17-7-2/h1,13-15,17H,7-12H2,2-5H3. The molecule has 0 saturated heterocycles. The molecule has 0 aromatic rings. The van der Waals surface area contributed by atoms with E-state index in [1.807, 2.05) is 0 Å². The van der Waals surface area contributed by atoms with Crippen molar-refractivity contribution in [1.29, 1.82) is 0 Å². The summed E-state index contributed by atoms with van der Waals surface area (Å²) in [5.74, 6) is 5.26. The van der Waals surface area contributed by atoms with Gasteiger partial charge in [0.1, 0.15) is 0 Å². The van der Waals surface area contributed by atoms with Gasteiger partial charge in [-0.25, -0.2) is 0 Å². The Bertz CT molecular complexity index is 256. The van der Waals surface area contributed by atoms with Crippen molar-refractivity contribution in [3.8, 4) is 12.3 Å². The Kier molecular flexibility index (Phi) is 5.53. The van der Waals surface area contributed by atoms with E-state index in [0.717, 1.165) is 37.3 Å². The second-order valence-corrected chi connectivity index (χ2v) is 6.61. The summed E-state index contributed by atoms with van der Waals surface area (Å²) in [6, 6.07) is 0. The Balaban J connectivity index is 2.58. The van der Waals surface area contributed by atoms with Gasteiger partial charge in [0.2, 0.25) is 0 Å². The van der Waals surface area contributed by atoms with Crippen LogP contribution in [0.25, 0.3) is 0 Å². The lowest BCUT2D eigenvalue weighted by molar-refractivity contribution is 0.0997. The fraction of sp³-hybridized carbons (Fsp3) is 0.875. The molecule has 1 fully saturated rings. The van der Waals surface area contributed by atoms with Crippen molar-refractivity contribution in [1.82, 2.24) is 5.32 Å². The third-order valence-corrected chi connectivity index (χ3v) is 4.40. The van der Waals surface area contributed by atoms with Crippen LogP contribution < -0.4 is 5.32 Å². The molecule has 0 aromatic carbocycles. The van der Waals surface area contributed by atoms with Gasteiger partial charge < -0.3 is 5.32 Å². The molecule has 1 nitrogen and oxygen atoms in total. The molecule has 17 heavy (non-hydrogen) atoms. The van der Waals surface area contributed by atoms with Gasteiger partial charge in [0.15, 0.2) is 0 Å². The summed E-state index contributed by atoms with van der Waals surface area (Å²) in [5.41, 5.74) is 0.440. The van der Waals surface area contributed by atoms with Gasteiger partial charge >= 0.3 is 0 Å². The second kappa shape index (κ2) is 6.45. The first-order valence-corrected chi connectivity index (χ1v) is 7.13. The van der Waals surface area contributed by atoms with Crippen LogP contribution in [0.15, 0.2) is 0 Å². The fourth-order valence-corrected chi connectivity index (χ4v) is 3.11. The summed E-state index contributed by atoms with van der Waals surface area (Å²) in [6.07, 6.45) is 10.5. The summed E-state index contributed by atoms with van der Waals surface area (Å²) < 4.78 is 0. The minimum Gasteiger partial charge on any atom is -0.317 e. The molecule has 0 aliphatic heterocycles. The van der Waals surface area contributed by atoms with Crippen LogP contribution in [0.5, 0.6) is 0 Å². The highest BCUT2D eigenvalue weighted by Gasteiger charge is 2.35. The molecule has 3 atom stereocenters. The minimum atomic E-state index is 0.440. The van der Waals surface area contributed by atoms with Gasteiger partial charge in [-0.3, -0.25) is 0 Å². The van der Waals surface area contributed by atoms with Crippen molar-refractivity contribution in [3.05, 3.63) is 0 Å². The van der Waals surface area contributed by atoms with Crippen molar-refractivity contribution in [2.45, 2.75) is 53.4 Å². The summed E-state index contributed by atoms with van der Waals surface area (Å²) in [6.45, 7) is 11.5. The van der Waals surface area contributed by atoms with Crippen molar-refractivity contribution in [2.24, 2.45) is 23.2 Å². The van der Waals surface area contributed by atoms with Crippen molar-refractivity contribution in [2.75, 3.05) is 13.1 Å². The SMILES string of the molecule is C#CCC1CC(C(C)(C)C)CCC1CNCC. The molecule has 1 aliphatic carbocycles. The predicted molar refractivity (Wildman–Crippen MR) is 75.8 cm³/mol. The highest BCUT2D eigenvalue weighted by Crippen LogP contribution is 2.43. The molecule has 0 radical (unpaired) electrons. The highest BCUT2D eigenvalue weighted by atomic mass is 14.8. The number of nitrogens with one attached hydrogen (secondary N) is 1. The average molecular weight is 235 g/mol. The van der Waals surface area contributed by atoms with E-state index in [9.17, 15) is 0 Å². The van der Waals surface area contributed by atoms with Gasteiger partial charge in [-0.2, -0.15) is 0 Å². The van der Waals surface area contributed by atoms with Crippen LogP contribution in [0.1, 0.15) is 53.4 Å². The van der Waals surface area contributed by atoms with Crippen LogP contribution in [0, 0.1) is 35.5 Å². The van der Waals surface area contributed by atoms with Crippen LogP contribution in [-0.4, -0.2) is 13.1 Å². The van der Waals surface area contributed by atoms with E-state index in [-0.39, 0.29) is 0 Å². The zero-order valence-corrected chi connectivity index (χ0v) is 12.1. The molecule has 98 valence electrons. The van der Waals surface area contributed by atoms with Crippen molar-refractivity contribution >= 4 is 0 Å². The molecule has 1 rings (SSSR count). The third-order valence-electron chi connectivity index (χ3n) is 4.40. The Morgan fingerprint density at radius 1 is 1.24 bits per heavy atom. The van der Waals surface area contributed by atoms with Gasteiger partial charge in [-0.05, 0) is 55.5 Å². The second-order valence-electron chi connectivity index (χ2n) is 6.61. The summed E-state index contributed by atoms with van der Waals surface area (Å²) in [5, 5.41) is 3.49. The molecule has 1 aliphatic rings.